The molecule has 0 saturated heterocycles. The van der Waals surface area contributed by atoms with E-state index in [-0.39, 0.29) is 16.5 Å². The molecule has 0 saturated carbocycles. The summed E-state index contributed by atoms with van der Waals surface area (Å²) in [7, 11) is 0. The lowest BCUT2D eigenvalue weighted by Crippen LogP contribution is -2.26. The molecule has 0 spiro atoms. The molecule has 0 bridgehead atoms. The predicted octanol–water partition coefficient (Wildman–Crippen LogP) is 2.29. The highest BCUT2D eigenvalue weighted by Crippen LogP contribution is 2.20. The molecule has 5 heteroatoms. The Morgan fingerprint density at radius 3 is 2.82 bits per heavy atom. The normalized spacial score (nSPS) is 12.3. The van der Waals surface area contributed by atoms with Gasteiger partial charge in [-0.15, -0.1) is 0 Å². The van der Waals surface area contributed by atoms with Crippen molar-refractivity contribution in [1.29, 1.82) is 0 Å². The first-order chi connectivity index (χ1) is 7.91. The van der Waals surface area contributed by atoms with E-state index in [2.05, 4.69) is 5.32 Å². The van der Waals surface area contributed by atoms with Crippen molar-refractivity contribution >= 4 is 17.5 Å². The van der Waals surface area contributed by atoms with Crippen LogP contribution >= 0.6 is 11.6 Å². The van der Waals surface area contributed by atoms with Crippen molar-refractivity contribution in [2.45, 2.75) is 26.4 Å². The molecular weight excluding hydrogens is 245 g/mol. The van der Waals surface area contributed by atoms with E-state index in [1.54, 1.807) is 13.8 Å². The molecule has 94 valence electrons. The van der Waals surface area contributed by atoms with Crippen LogP contribution in [0.1, 0.15) is 29.3 Å². The van der Waals surface area contributed by atoms with E-state index in [0.717, 1.165) is 6.07 Å². The average Bonchev–Trinajstić information content (AvgIpc) is 2.22. The van der Waals surface area contributed by atoms with Crippen molar-refractivity contribution in [3.63, 3.8) is 0 Å². The summed E-state index contributed by atoms with van der Waals surface area (Å²) in [6.45, 7) is 3.56. The molecule has 1 rings (SSSR count). The van der Waals surface area contributed by atoms with Crippen LogP contribution in [0.4, 0.5) is 4.39 Å². The number of hydrogen-bond donors (Lipinski definition) is 2. The lowest BCUT2D eigenvalue weighted by atomic mass is 10.1. The molecule has 1 aromatic rings. The average molecular weight is 260 g/mol. The fourth-order valence-corrected chi connectivity index (χ4v) is 1.56. The minimum atomic E-state index is -0.472. The number of aliphatic hydroxyl groups excluding tert-OH is 1. The molecule has 1 amide bonds. The molecule has 0 radical (unpaired) electrons. The van der Waals surface area contributed by atoms with Gasteiger partial charge in [0.05, 0.1) is 16.7 Å². The Hall–Kier alpha value is -1.13. The Balaban J connectivity index is 2.72. The van der Waals surface area contributed by atoms with Gasteiger partial charge in [0.1, 0.15) is 5.82 Å². The highest BCUT2D eigenvalue weighted by molar-refractivity contribution is 6.33. The fourth-order valence-electron chi connectivity index (χ4n) is 1.32. The minimum absolute atomic E-state index is 0.0858. The standard InChI is InChI=1S/C12H15ClFNO2/c1-7-5-9(10(13)6-11(7)14)12(17)15-4-3-8(2)16/h5-6,8,16H,3-4H2,1-2H3,(H,15,17). The van der Waals surface area contributed by atoms with Crippen LogP contribution in [0.2, 0.25) is 5.02 Å². The van der Waals surface area contributed by atoms with Crippen LogP contribution in [0.15, 0.2) is 12.1 Å². The van der Waals surface area contributed by atoms with E-state index in [1.165, 1.54) is 6.07 Å². The van der Waals surface area contributed by atoms with E-state index >= 15 is 0 Å². The van der Waals surface area contributed by atoms with E-state index in [0.29, 0.717) is 18.5 Å². The third-order valence-corrected chi connectivity index (χ3v) is 2.65. The maximum absolute atomic E-state index is 13.1. The number of hydrogen-bond acceptors (Lipinski definition) is 2. The minimum Gasteiger partial charge on any atom is -0.393 e. The van der Waals surface area contributed by atoms with Gasteiger partial charge in [-0.25, -0.2) is 4.39 Å². The molecular formula is C12H15ClFNO2. The van der Waals surface area contributed by atoms with Gasteiger partial charge in [0.25, 0.3) is 5.91 Å². The van der Waals surface area contributed by atoms with Gasteiger partial charge in [-0.2, -0.15) is 0 Å². The molecule has 0 fully saturated rings. The van der Waals surface area contributed by atoms with Gasteiger partial charge in [0.2, 0.25) is 0 Å². The molecule has 1 aromatic carbocycles. The topological polar surface area (TPSA) is 49.3 Å². The Bertz CT molecular complexity index is 421. The fraction of sp³-hybridized carbons (Fsp3) is 0.417. The summed E-state index contributed by atoms with van der Waals surface area (Å²) in [4.78, 5) is 11.7. The number of carbonyl (C=O) groups excluding carboxylic acids is 1. The lowest BCUT2D eigenvalue weighted by molar-refractivity contribution is 0.0945. The van der Waals surface area contributed by atoms with E-state index in [4.69, 9.17) is 16.7 Å². The summed E-state index contributed by atoms with van der Waals surface area (Å²) in [6.07, 6.45) is -0.00971. The first-order valence-corrected chi connectivity index (χ1v) is 5.71. The third kappa shape index (κ3) is 3.98. The Labute approximate surface area is 105 Å². The second-order valence-electron chi connectivity index (χ2n) is 3.97. The predicted molar refractivity (Wildman–Crippen MR) is 64.8 cm³/mol. The van der Waals surface area contributed by atoms with Crippen molar-refractivity contribution in [1.82, 2.24) is 5.32 Å². The van der Waals surface area contributed by atoms with Gasteiger partial charge in [-0.1, -0.05) is 11.6 Å². The lowest BCUT2D eigenvalue weighted by Gasteiger charge is -2.09. The van der Waals surface area contributed by atoms with Crippen molar-refractivity contribution in [3.05, 3.63) is 34.1 Å². The molecule has 3 nitrogen and oxygen atoms in total. The third-order valence-electron chi connectivity index (χ3n) is 2.34. The van der Waals surface area contributed by atoms with E-state index in [1.807, 2.05) is 0 Å². The number of rotatable bonds is 4. The number of aryl methyl sites for hydroxylation is 1. The van der Waals surface area contributed by atoms with Crippen molar-refractivity contribution < 1.29 is 14.3 Å². The first-order valence-electron chi connectivity index (χ1n) is 5.33. The molecule has 0 aromatic heterocycles. The highest BCUT2D eigenvalue weighted by atomic mass is 35.5. The Morgan fingerprint density at radius 1 is 1.59 bits per heavy atom. The van der Waals surface area contributed by atoms with Gasteiger partial charge < -0.3 is 10.4 Å². The van der Waals surface area contributed by atoms with Crippen molar-refractivity contribution in [2.75, 3.05) is 6.54 Å². The van der Waals surface area contributed by atoms with Crippen LogP contribution in [-0.4, -0.2) is 23.7 Å². The van der Waals surface area contributed by atoms with Crippen LogP contribution in [0.25, 0.3) is 0 Å². The van der Waals surface area contributed by atoms with Gasteiger partial charge >= 0.3 is 0 Å². The second kappa shape index (κ2) is 5.98. The monoisotopic (exact) mass is 259 g/mol. The van der Waals surface area contributed by atoms with Gasteiger partial charge in [0.15, 0.2) is 0 Å². The summed E-state index contributed by atoms with van der Waals surface area (Å²) in [6, 6.07) is 2.54. The maximum atomic E-state index is 13.1. The SMILES string of the molecule is Cc1cc(C(=O)NCCC(C)O)c(Cl)cc1F. The Morgan fingerprint density at radius 2 is 2.24 bits per heavy atom. The van der Waals surface area contributed by atoms with Crippen molar-refractivity contribution in [3.8, 4) is 0 Å². The molecule has 1 unspecified atom stereocenters. The van der Waals surface area contributed by atoms with Crippen LogP contribution in [0.5, 0.6) is 0 Å². The molecule has 17 heavy (non-hydrogen) atoms. The highest BCUT2D eigenvalue weighted by Gasteiger charge is 2.12. The quantitative estimate of drug-likeness (QED) is 0.872. The van der Waals surface area contributed by atoms with Crippen LogP contribution in [0, 0.1) is 12.7 Å². The molecule has 0 aliphatic carbocycles. The largest absolute Gasteiger partial charge is 0.393 e. The van der Waals surface area contributed by atoms with Crippen molar-refractivity contribution in [2.24, 2.45) is 0 Å². The zero-order valence-corrected chi connectivity index (χ0v) is 10.5. The molecule has 2 N–H and O–H groups in total. The van der Waals surface area contributed by atoms with Gasteiger partial charge in [-0.3, -0.25) is 4.79 Å². The molecule has 1 atom stereocenters. The summed E-state index contributed by atoms with van der Waals surface area (Å²) in [5.74, 6) is -0.797. The zero-order valence-electron chi connectivity index (χ0n) is 9.76. The van der Waals surface area contributed by atoms with Crippen LogP contribution < -0.4 is 5.32 Å². The van der Waals surface area contributed by atoms with Crippen LogP contribution in [-0.2, 0) is 0 Å². The number of benzene rings is 1. The zero-order chi connectivity index (χ0) is 13.0. The molecule has 0 aliphatic heterocycles. The number of carbonyl (C=O) groups is 1. The van der Waals surface area contributed by atoms with E-state index in [9.17, 15) is 9.18 Å². The number of amides is 1. The number of aliphatic hydroxyl groups is 1. The maximum Gasteiger partial charge on any atom is 0.252 e. The number of halogens is 2. The summed E-state index contributed by atoms with van der Waals surface area (Å²) in [5, 5.41) is 11.7. The van der Waals surface area contributed by atoms with Gasteiger partial charge in [0, 0.05) is 6.54 Å². The van der Waals surface area contributed by atoms with Crippen LogP contribution in [0.3, 0.4) is 0 Å². The molecule has 0 aliphatic rings. The number of nitrogens with one attached hydrogen (secondary N) is 1. The first kappa shape index (κ1) is 13.9. The Kier molecular flexibility index (Phi) is 4.90. The summed E-state index contributed by atoms with van der Waals surface area (Å²) >= 11 is 5.79. The summed E-state index contributed by atoms with van der Waals surface area (Å²) < 4.78 is 13.1. The second-order valence-corrected chi connectivity index (χ2v) is 4.38. The smallest absolute Gasteiger partial charge is 0.252 e. The molecule has 0 heterocycles. The van der Waals surface area contributed by atoms with Gasteiger partial charge in [-0.05, 0) is 38.0 Å². The van der Waals surface area contributed by atoms with E-state index < -0.39 is 11.9 Å². The summed E-state index contributed by atoms with van der Waals surface area (Å²) in [5.41, 5.74) is 0.617.